The molecular formula is C25H23N3O4. The Labute approximate surface area is 186 Å². The Hall–Kier alpha value is -4.26. The zero-order chi connectivity index (χ0) is 22.3. The average Bonchev–Trinajstić information content (AvgIpc) is 3.29. The zero-order valence-corrected chi connectivity index (χ0v) is 17.8. The molecule has 32 heavy (non-hydrogen) atoms. The second-order valence-corrected chi connectivity index (χ2v) is 7.05. The maximum Gasteiger partial charge on any atom is 0.230 e. The summed E-state index contributed by atoms with van der Waals surface area (Å²) in [6, 6.07) is 24.6. The third-order valence-corrected chi connectivity index (χ3v) is 4.80. The molecule has 1 amide bonds. The summed E-state index contributed by atoms with van der Waals surface area (Å²) in [7, 11) is 3.15. The summed E-state index contributed by atoms with van der Waals surface area (Å²) in [4.78, 5) is 12.4. The molecule has 162 valence electrons. The molecular weight excluding hydrogens is 406 g/mol. The molecule has 7 heteroatoms. The van der Waals surface area contributed by atoms with Gasteiger partial charge in [-0.15, -0.1) is 0 Å². The van der Waals surface area contributed by atoms with Crippen LogP contribution in [0.5, 0.6) is 11.5 Å². The van der Waals surface area contributed by atoms with Crippen molar-refractivity contribution in [3.05, 3.63) is 84.6 Å². The van der Waals surface area contributed by atoms with Gasteiger partial charge in [0, 0.05) is 28.7 Å². The monoisotopic (exact) mass is 429 g/mol. The highest BCUT2D eigenvalue weighted by molar-refractivity contribution is 5.92. The topological polar surface area (TPSA) is 85.6 Å². The van der Waals surface area contributed by atoms with E-state index in [2.05, 4.69) is 15.8 Å². The summed E-state index contributed by atoms with van der Waals surface area (Å²) in [6.07, 6.45) is 0.0980. The van der Waals surface area contributed by atoms with E-state index in [4.69, 9.17) is 14.0 Å². The van der Waals surface area contributed by atoms with E-state index < -0.39 is 0 Å². The van der Waals surface area contributed by atoms with Crippen LogP contribution in [0.25, 0.3) is 11.3 Å². The van der Waals surface area contributed by atoms with Crippen molar-refractivity contribution in [1.82, 2.24) is 5.16 Å². The predicted octanol–water partition coefficient (Wildman–Crippen LogP) is 5.28. The predicted molar refractivity (Wildman–Crippen MR) is 124 cm³/mol. The molecule has 0 bridgehead atoms. The summed E-state index contributed by atoms with van der Waals surface area (Å²) in [5.74, 6) is 1.58. The number of hydrogen-bond acceptors (Lipinski definition) is 6. The fourth-order valence-electron chi connectivity index (χ4n) is 3.22. The largest absolute Gasteiger partial charge is 0.493 e. The van der Waals surface area contributed by atoms with Crippen LogP contribution in [0, 0.1) is 0 Å². The fourth-order valence-corrected chi connectivity index (χ4v) is 3.22. The molecule has 1 aromatic heterocycles. The number of aromatic nitrogens is 1. The number of carbonyl (C=O) groups excluding carboxylic acids is 1. The van der Waals surface area contributed by atoms with Crippen LogP contribution in [0.2, 0.25) is 0 Å². The van der Waals surface area contributed by atoms with Crippen LogP contribution in [0.15, 0.2) is 83.4 Å². The number of benzene rings is 3. The van der Waals surface area contributed by atoms with Crippen LogP contribution in [0.4, 0.5) is 17.1 Å². The average molecular weight is 429 g/mol. The first-order chi connectivity index (χ1) is 15.6. The van der Waals surface area contributed by atoms with Gasteiger partial charge in [0.15, 0.2) is 17.3 Å². The summed E-state index contributed by atoms with van der Waals surface area (Å²) in [6.45, 7) is 0. The maximum absolute atomic E-state index is 12.4. The first-order valence-electron chi connectivity index (χ1n) is 10.0. The Balaban J connectivity index is 1.36. The Bertz CT molecular complexity index is 1190. The Morgan fingerprint density at radius 2 is 1.53 bits per heavy atom. The van der Waals surface area contributed by atoms with Crippen LogP contribution in [-0.4, -0.2) is 25.3 Å². The molecule has 0 aliphatic carbocycles. The summed E-state index contributed by atoms with van der Waals surface area (Å²) in [5.41, 5.74) is 3.96. The third-order valence-electron chi connectivity index (χ3n) is 4.80. The number of anilines is 3. The standard InChI is InChI=1S/C25H23N3O4/c1-30-22-13-8-17(14-24(22)31-2)23-15-21(28-32-23)16-25(29)27-20-11-9-19(10-12-20)26-18-6-4-3-5-7-18/h3-15,26H,16H2,1-2H3,(H,27,29). The molecule has 0 fully saturated rings. The minimum atomic E-state index is -0.180. The number of ether oxygens (including phenoxy) is 2. The van der Waals surface area contributed by atoms with Gasteiger partial charge in [0.05, 0.1) is 26.3 Å². The number of hydrogen-bond donors (Lipinski definition) is 2. The van der Waals surface area contributed by atoms with E-state index in [1.54, 1.807) is 32.4 Å². The van der Waals surface area contributed by atoms with Gasteiger partial charge < -0.3 is 24.6 Å². The van der Waals surface area contributed by atoms with Crippen LogP contribution >= 0.6 is 0 Å². The van der Waals surface area contributed by atoms with Crippen molar-refractivity contribution in [2.45, 2.75) is 6.42 Å². The second kappa shape index (κ2) is 9.70. The van der Waals surface area contributed by atoms with E-state index in [1.165, 1.54) is 0 Å². The number of carbonyl (C=O) groups is 1. The number of methoxy groups -OCH3 is 2. The van der Waals surface area contributed by atoms with E-state index in [-0.39, 0.29) is 12.3 Å². The Morgan fingerprint density at radius 1 is 0.844 bits per heavy atom. The van der Waals surface area contributed by atoms with Crippen LogP contribution in [0.1, 0.15) is 5.69 Å². The smallest absolute Gasteiger partial charge is 0.230 e. The lowest BCUT2D eigenvalue weighted by molar-refractivity contribution is -0.115. The highest BCUT2D eigenvalue weighted by Gasteiger charge is 2.13. The minimum Gasteiger partial charge on any atom is -0.493 e. The first kappa shape index (κ1) is 21.0. The molecule has 0 atom stereocenters. The molecule has 0 saturated heterocycles. The number of nitrogens with one attached hydrogen (secondary N) is 2. The lowest BCUT2D eigenvalue weighted by Crippen LogP contribution is -2.14. The lowest BCUT2D eigenvalue weighted by atomic mass is 10.1. The maximum atomic E-state index is 12.4. The number of para-hydroxylation sites is 1. The molecule has 0 spiro atoms. The minimum absolute atomic E-state index is 0.0980. The number of amides is 1. The van der Waals surface area contributed by atoms with Gasteiger partial charge in [-0.1, -0.05) is 23.4 Å². The Kier molecular flexibility index (Phi) is 6.36. The first-order valence-corrected chi connectivity index (χ1v) is 10.0. The van der Waals surface area contributed by atoms with Gasteiger partial charge in [-0.25, -0.2) is 0 Å². The van der Waals surface area contributed by atoms with Gasteiger partial charge >= 0.3 is 0 Å². The molecule has 0 aliphatic heterocycles. The van der Waals surface area contributed by atoms with Crippen molar-refractivity contribution in [3.63, 3.8) is 0 Å². The van der Waals surface area contributed by atoms with Crippen molar-refractivity contribution in [1.29, 1.82) is 0 Å². The van der Waals surface area contributed by atoms with E-state index in [9.17, 15) is 4.79 Å². The quantitative estimate of drug-likeness (QED) is 0.396. The molecule has 0 aliphatic rings. The van der Waals surface area contributed by atoms with Crippen molar-refractivity contribution < 1.29 is 18.8 Å². The van der Waals surface area contributed by atoms with Gasteiger partial charge in [-0.2, -0.15) is 0 Å². The van der Waals surface area contributed by atoms with Gasteiger partial charge in [-0.05, 0) is 54.6 Å². The molecule has 7 nitrogen and oxygen atoms in total. The Morgan fingerprint density at radius 3 is 2.25 bits per heavy atom. The lowest BCUT2D eigenvalue weighted by Gasteiger charge is -2.08. The van der Waals surface area contributed by atoms with Gasteiger partial charge in [-0.3, -0.25) is 4.79 Å². The fraction of sp³-hybridized carbons (Fsp3) is 0.120. The van der Waals surface area contributed by atoms with Crippen molar-refractivity contribution in [3.8, 4) is 22.8 Å². The molecule has 2 N–H and O–H groups in total. The number of nitrogens with zero attached hydrogens (tertiary/aromatic N) is 1. The van der Waals surface area contributed by atoms with E-state index in [0.29, 0.717) is 28.6 Å². The molecule has 0 unspecified atom stereocenters. The molecule has 1 heterocycles. The van der Waals surface area contributed by atoms with Crippen molar-refractivity contribution in [2.75, 3.05) is 24.9 Å². The van der Waals surface area contributed by atoms with Gasteiger partial charge in [0.25, 0.3) is 0 Å². The van der Waals surface area contributed by atoms with E-state index in [1.807, 2.05) is 60.7 Å². The molecule has 0 radical (unpaired) electrons. The normalized spacial score (nSPS) is 10.4. The summed E-state index contributed by atoms with van der Waals surface area (Å²) in [5, 5.41) is 10.2. The van der Waals surface area contributed by atoms with Crippen molar-refractivity contribution in [2.24, 2.45) is 0 Å². The van der Waals surface area contributed by atoms with Crippen LogP contribution in [0.3, 0.4) is 0 Å². The van der Waals surface area contributed by atoms with Crippen LogP contribution in [-0.2, 0) is 11.2 Å². The van der Waals surface area contributed by atoms with E-state index in [0.717, 1.165) is 16.9 Å². The third kappa shape index (κ3) is 5.07. The molecule has 4 aromatic rings. The van der Waals surface area contributed by atoms with Gasteiger partial charge in [0.1, 0.15) is 0 Å². The summed E-state index contributed by atoms with van der Waals surface area (Å²) >= 11 is 0. The van der Waals surface area contributed by atoms with Crippen molar-refractivity contribution >= 4 is 23.0 Å². The van der Waals surface area contributed by atoms with Crippen LogP contribution < -0.4 is 20.1 Å². The van der Waals surface area contributed by atoms with E-state index >= 15 is 0 Å². The number of rotatable bonds is 8. The molecule has 4 rings (SSSR count). The van der Waals surface area contributed by atoms with Gasteiger partial charge in [0.2, 0.25) is 5.91 Å². The highest BCUT2D eigenvalue weighted by Crippen LogP contribution is 2.32. The highest BCUT2D eigenvalue weighted by atomic mass is 16.5. The molecule has 0 saturated carbocycles. The second-order valence-electron chi connectivity index (χ2n) is 7.05. The SMILES string of the molecule is COc1ccc(-c2cc(CC(=O)Nc3ccc(Nc4ccccc4)cc3)no2)cc1OC. The molecule has 3 aromatic carbocycles. The zero-order valence-electron chi connectivity index (χ0n) is 17.8. The summed E-state index contributed by atoms with van der Waals surface area (Å²) < 4.78 is 16.0.